The summed E-state index contributed by atoms with van der Waals surface area (Å²) in [6.07, 6.45) is 0.547. The van der Waals surface area contributed by atoms with Crippen molar-refractivity contribution in [2.24, 2.45) is 11.8 Å². The number of hydrogen-bond acceptors (Lipinski definition) is 4. The number of nitrogens with zero attached hydrogens (tertiary/aromatic N) is 1. The van der Waals surface area contributed by atoms with Crippen molar-refractivity contribution in [1.82, 2.24) is 4.98 Å². The van der Waals surface area contributed by atoms with E-state index in [1.165, 1.54) is 17.4 Å². The number of benzene rings is 1. The minimum absolute atomic E-state index is 0.0000709. The van der Waals surface area contributed by atoms with Crippen LogP contribution in [0.25, 0.3) is 10.6 Å². The fraction of sp³-hybridized carbons (Fsp3) is 0.389. The Bertz CT molecular complexity index is 727. The number of Topliss-reactive ketones (excluding diaryl/α,β-unsaturated/α-hetero) is 1. The molecule has 24 heavy (non-hydrogen) atoms. The first-order valence-corrected chi connectivity index (χ1v) is 8.68. The summed E-state index contributed by atoms with van der Waals surface area (Å²) in [7, 11) is 0. The number of hydrogen-bond donors (Lipinski definition) is 1. The Morgan fingerprint density at radius 1 is 1.29 bits per heavy atom. The van der Waals surface area contributed by atoms with Crippen LogP contribution in [0.15, 0.2) is 29.6 Å². The summed E-state index contributed by atoms with van der Waals surface area (Å²) < 4.78 is 13.8. The standard InChI is InChI=1S/C18H20FNO3S/c1-11(2)7-12(18(22)23)8-14(21)9-13-10-24-17(20-13)15-5-3-4-6-16(15)19/h3-6,10-12H,7-9H2,1-2H3,(H,22,23)/t12-/m1/s1. The van der Waals surface area contributed by atoms with E-state index in [4.69, 9.17) is 0 Å². The molecule has 0 saturated carbocycles. The summed E-state index contributed by atoms with van der Waals surface area (Å²) >= 11 is 1.27. The SMILES string of the molecule is CC(C)C[C@H](CC(=O)Cc1csc(-c2ccccc2F)n1)C(=O)O. The molecule has 6 heteroatoms. The van der Waals surface area contributed by atoms with Gasteiger partial charge in [0.1, 0.15) is 16.6 Å². The molecule has 4 nitrogen and oxygen atoms in total. The number of thiazole rings is 1. The largest absolute Gasteiger partial charge is 0.481 e. The number of carbonyl (C=O) groups excluding carboxylic acids is 1. The van der Waals surface area contributed by atoms with E-state index in [9.17, 15) is 19.1 Å². The summed E-state index contributed by atoms with van der Waals surface area (Å²) in [6, 6.07) is 6.35. The molecule has 0 spiro atoms. The van der Waals surface area contributed by atoms with Crippen molar-refractivity contribution < 1.29 is 19.1 Å². The molecular weight excluding hydrogens is 329 g/mol. The van der Waals surface area contributed by atoms with Gasteiger partial charge in [0.05, 0.1) is 11.6 Å². The molecule has 1 N–H and O–H groups in total. The summed E-state index contributed by atoms with van der Waals surface area (Å²) in [4.78, 5) is 27.7. The predicted molar refractivity (Wildman–Crippen MR) is 91.4 cm³/mol. The van der Waals surface area contributed by atoms with Crippen LogP contribution >= 0.6 is 11.3 Å². The van der Waals surface area contributed by atoms with E-state index in [0.29, 0.717) is 22.7 Å². The third kappa shape index (κ3) is 4.96. The fourth-order valence-corrected chi connectivity index (χ4v) is 3.38. The Hall–Kier alpha value is -2.08. The van der Waals surface area contributed by atoms with Crippen LogP contribution in [0.3, 0.4) is 0 Å². The normalized spacial score (nSPS) is 12.3. The Kier molecular flexibility index (Phi) is 6.20. The second-order valence-electron chi connectivity index (χ2n) is 6.21. The minimum Gasteiger partial charge on any atom is -0.481 e. The molecule has 1 aromatic heterocycles. The van der Waals surface area contributed by atoms with Gasteiger partial charge in [-0.3, -0.25) is 9.59 Å². The number of aliphatic carboxylic acids is 1. The number of carboxylic acid groups (broad SMARTS) is 1. The van der Waals surface area contributed by atoms with Gasteiger partial charge >= 0.3 is 5.97 Å². The molecule has 0 bridgehead atoms. The van der Waals surface area contributed by atoms with Gasteiger partial charge in [-0.15, -0.1) is 11.3 Å². The van der Waals surface area contributed by atoms with Gasteiger partial charge in [-0.05, 0) is 24.5 Å². The molecule has 128 valence electrons. The second kappa shape index (κ2) is 8.15. The maximum atomic E-state index is 13.8. The Labute approximate surface area is 144 Å². The Morgan fingerprint density at radius 2 is 2.00 bits per heavy atom. The molecule has 1 heterocycles. The molecule has 0 aliphatic heterocycles. The molecule has 0 unspecified atom stereocenters. The van der Waals surface area contributed by atoms with E-state index in [2.05, 4.69) is 4.98 Å². The van der Waals surface area contributed by atoms with Crippen molar-refractivity contribution in [1.29, 1.82) is 0 Å². The van der Waals surface area contributed by atoms with Gasteiger partial charge in [-0.2, -0.15) is 0 Å². The van der Waals surface area contributed by atoms with Crippen molar-refractivity contribution in [3.05, 3.63) is 41.2 Å². The lowest BCUT2D eigenvalue weighted by molar-refractivity contribution is -0.144. The van der Waals surface area contributed by atoms with Crippen molar-refractivity contribution >= 4 is 23.1 Å². The van der Waals surface area contributed by atoms with Crippen molar-refractivity contribution in [2.75, 3.05) is 0 Å². The smallest absolute Gasteiger partial charge is 0.306 e. The summed E-state index contributed by atoms with van der Waals surface area (Å²) in [5.41, 5.74) is 0.960. The summed E-state index contributed by atoms with van der Waals surface area (Å²) in [6.45, 7) is 3.86. The van der Waals surface area contributed by atoms with Gasteiger partial charge in [0, 0.05) is 23.8 Å². The van der Waals surface area contributed by atoms with Gasteiger partial charge in [0.15, 0.2) is 0 Å². The zero-order valence-corrected chi connectivity index (χ0v) is 14.5. The summed E-state index contributed by atoms with van der Waals surface area (Å²) in [5.74, 6) is -1.91. The maximum absolute atomic E-state index is 13.8. The number of aromatic nitrogens is 1. The zero-order valence-electron chi connectivity index (χ0n) is 13.7. The number of ketones is 1. The first-order valence-electron chi connectivity index (χ1n) is 7.80. The molecular formula is C18H20FNO3S. The molecule has 1 aromatic carbocycles. The van der Waals surface area contributed by atoms with Crippen molar-refractivity contribution in [3.8, 4) is 10.6 Å². The van der Waals surface area contributed by atoms with Crippen molar-refractivity contribution in [3.63, 3.8) is 0 Å². The second-order valence-corrected chi connectivity index (χ2v) is 7.07. The van der Waals surface area contributed by atoms with E-state index in [-0.39, 0.29) is 30.4 Å². The van der Waals surface area contributed by atoms with E-state index in [0.717, 1.165) is 0 Å². The fourth-order valence-electron chi connectivity index (χ4n) is 2.54. The van der Waals surface area contributed by atoms with Gasteiger partial charge in [-0.25, -0.2) is 9.37 Å². The van der Waals surface area contributed by atoms with Gasteiger partial charge < -0.3 is 5.11 Å². The molecule has 2 aromatic rings. The highest BCUT2D eigenvalue weighted by atomic mass is 32.1. The van der Waals surface area contributed by atoms with E-state index in [1.54, 1.807) is 23.6 Å². The van der Waals surface area contributed by atoms with E-state index >= 15 is 0 Å². The average molecular weight is 349 g/mol. The Balaban J connectivity index is 2.02. The molecule has 2 rings (SSSR count). The number of rotatable bonds is 8. The number of halogens is 1. The van der Waals surface area contributed by atoms with Crippen LogP contribution in [0.2, 0.25) is 0 Å². The van der Waals surface area contributed by atoms with Crippen LogP contribution in [0.4, 0.5) is 4.39 Å². The zero-order chi connectivity index (χ0) is 17.7. The third-order valence-electron chi connectivity index (χ3n) is 3.61. The number of carboxylic acids is 1. The van der Waals surface area contributed by atoms with Crippen LogP contribution in [0, 0.1) is 17.7 Å². The molecule has 0 amide bonds. The Morgan fingerprint density at radius 3 is 2.62 bits per heavy atom. The van der Waals surface area contributed by atoms with Crippen LogP contribution in [0.5, 0.6) is 0 Å². The molecule has 0 saturated heterocycles. The lowest BCUT2D eigenvalue weighted by Gasteiger charge is -2.13. The van der Waals surface area contributed by atoms with E-state index in [1.807, 2.05) is 13.8 Å². The molecule has 0 aliphatic rings. The number of carbonyl (C=O) groups is 2. The van der Waals surface area contributed by atoms with Gasteiger partial charge in [0.25, 0.3) is 0 Å². The van der Waals surface area contributed by atoms with Crippen LogP contribution in [-0.2, 0) is 16.0 Å². The molecule has 1 atom stereocenters. The predicted octanol–water partition coefficient (Wildman–Crippen LogP) is 4.20. The van der Waals surface area contributed by atoms with Crippen LogP contribution < -0.4 is 0 Å². The van der Waals surface area contributed by atoms with Crippen molar-refractivity contribution in [2.45, 2.75) is 33.1 Å². The third-order valence-corrected chi connectivity index (χ3v) is 4.54. The first-order chi connectivity index (χ1) is 11.4. The lowest BCUT2D eigenvalue weighted by Crippen LogP contribution is -2.20. The highest BCUT2D eigenvalue weighted by Crippen LogP contribution is 2.26. The topological polar surface area (TPSA) is 67.3 Å². The lowest BCUT2D eigenvalue weighted by atomic mass is 9.91. The van der Waals surface area contributed by atoms with Crippen LogP contribution in [-0.4, -0.2) is 21.8 Å². The average Bonchev–Trinajstić information content (AvgIpc) is 2.94. The first kappa shape index (κ1) is 18.3. The highest BCUT2D eigenvalue weighted by Gasteiger charge is 2.23. The monoisotopic (exact) mass is 349 g/mol. The minimum atomic E-state index is -0.942. The van der Waals surface area contributed by atoms with Gasteiger partial charge in [-0.1, -0.05) is 26.0 Å². The highest BCUT2D eigenvalue weighted by molar-refractivity contribution is 7.13. The quantitative estimate of drug-likeness (QED) is 0.776. The summed E-state index contributed by atoms with van der Waals surface area (Å²) in [5, 5.41) is 11.5. The van der Waals surface area contributed by atoms with Crippen LogP contribution in [0.1, 0.15) is 32.4 Å². The maximum Gasteiger partial charge on any atom is 0.306 e. The molecule has 0 radical (unpaired) electrons. The van der Waals surface area contributed by atoms with Gasteiger partial charge in [0.2, 0.25) is 0 Å². The molecule has 0 fully saturated rings. The molecule has 0 aliphatic carbocycles. The van der Waals surface area contributed by atoms with E-state index < -0.39 is 11.9 Å².